The average molecular weight is 399 g/mol. The Labute approximate surface area is 173 Å². The van der Waals surface area contributed by atoms with E-state index in [1.54, 1.807) is 25.4 Å². The maximum absolute atomic E-state index is 13.7. The number of methoxy groups -OCH3 is 1. The summed E-state index contributed by atoms with van der Waals surface area (Å²) in [4.78, 5) is 13.0. The molecule has 2 heterocycles. The smallest absolute Gasteiger partial charge is 0.141 e. The van der Waals surface area contributed by atoms with Crippen LogP contribution in [0, 0.1) is 18.2 Å². The molecular weight excluding hydrogens is 381 g/mol. The van der Waals surface area contributed by atoms with Gasteiger partial charge in [0.2, 0.25) is 0 Å². The van der Waals surface area contributed by atoms with Gasteiger partial charge in [-0.1, -0.05) is 18.1 Å². The van der Waals surface area contributed by atoms with Gasteiger partial charge >= 0.3 is 0 Å². The third-order valence-corrected chi connectivity index (χ3v) is 4.54. The van der Waals surface area contributed by atoms with Crippen LogP contribution in [0.2, 0.25) is 0 Å². The summed E-state index contributed by atoms with van der Waals surface area (Å²) in [6.07, 6.45) is 8.48. The molecule has 0 bridgehead atoms. The fourth-order valence-electron chi connectivity index (χ4n) is 2.94. The lowest BCUT2D eigenvalue weighted by atomic mass is 10.2. The first-order valence-corrected chi connectivity index (χ1v) is 9.17. The van der Waals surface area contributed by atoms with Gasteiger partial charge in [0.25, 0.3) is 0 Å². The summed E-state index contributed by atoms with van der Waals surface area (Å²) >= 11 is 0. The van der Waals surface area contributed by atoms with Crippen LogP contribution in [0.3, 0.4) is 0 Å². The Bertz CT molecular complexity index is 1230. The van der Waals surface area contributed by atoms with E-state index in [9.17, 15) is 4.39 Å². The molecule has 0 aliphatic heterocycles. The Morgan fingerprint density at radius 1 is 1.07 bits per heavy atom. The third kappa shape index (κ3) is 4.13. The first-order valence-electron chi connectivity index (χ1n) is 9.17. The van der Waals surface area contributed by atoms with Crippen molar-refractivity contribution in [3.63, 3.8) is 0 Å². The monoisotopic (exact) mass is 399 g/mol. The number of ether oxygens (including phenoxy) is 1. The van der Waals surface area contributed by atoms with Crippen LogP contribution in [0.5, 0.6) is 5.75 Å². The lowest BCUT2D eigenvalue weighted by molar-refractivity contribution is 0.414. The molecule has 0 radical (unpaired) electrons. The van der Waals surface area contributed by atoms with Crippen LogP contribution in [0.25, 0.3) is 10.9 Å². The second-order valence-electron chi connectivity index (χ2n) is 6.47. The van der Waals surface area contributed by atoms with Gasteiger partial charge in [0, 0.05) is 17.6 Å². The maximum Gasteiger partial charge on any atom is 0.141 e. The Balaban J connectivity index is 1.58. The molecule has 4 aromatic rings. The molecule has 0 aliphatic carbocycles. The van der Waals surface area contributed by atoms with Gasteiger partial charge in [-0.2, -0.15) is 0 Å². The highest BCUT2D eigenvalue weighted by Gasteiger charge is 2.08. The number of rotatable bonds is 6. The molecule has 0 fully saturated rings. The second-order valence-corrected chi connectivity index (χ2v) is 6.47. The molecule has 2 aromatic carbocycles. The van der Waals surface area contributed by atoms with Gasteiger partial charge in [-0.3, -0.25) is 0 Å². The van der Waals surface area contributed by atoms with Gasteiger partial charge in [-0.25, -0.2) is 19.3 Å². The summed E-state index contributed by atoms with van der Waals surface area (Å²) in [6.45, 7) is 0.600. The summed E-state index contributed by atoms with van der Waals surface area (Å²) in [5.74, 6) is 3.95. The molecule has 148 valence electrons. The van der Waals surface area contributed by atoms with Crippen molar-refractivity contribution in [3.05, 3.63) is 78.0 Å². The molecule has 0 amide bonds. The molecule has 7 heteroatoms. The lowest BCUT2D eigenvalue weighted by Gasteiger charge is -2.11. The molecule has 0 saturated heterocycles. The number of aromatic nitrogens is 3. The third-order valence-electron chi connectivity index (χ3n) is 4.54. The van der Waals surface area contributed by atoms with Gasteiger partial charge in [-0.05, 0) is 42.0 Å². The number of nitrogens with zero attached hydrogens (tertiary/aromatic N) is 3. The van der Waals surface area contributed by atoms with Crippen LogP contribution < -0.4 is 15.4 Å². The highest BCUT2D eigenvalue weighted by Crippen LogP contribution is 2.25. The summed E-state index contributed by atoms with van der Waals surface area (Å²) in [6, 6.07) is 14.2. The predicted octanol–water partition coefficient (Wildman–Crippen LogP) is 4.51. The van der Waals surface area contributed by atoms with Crippen molar-refractivity contribution in [3.8, 4) is 18.1 Å². The number of hydrogen-bond acceptors (Lipinski definition) is 6. The van der Waals surface area contributed by atoms with Crippen molar-refractivity contribution in [2.24, 2.45) is 0 Å². The second kappa shape index (κ2) is 8.45. The van der Waals surface area contributed by atoms with Gasteiger partial charge in [0.15, 0.2) is 0 Å². The van der Waals surface area contributed by atoms with E-state index in [2.05, 4.69) is 31.5 Å². The standard InChI is InChI=1S/C23H18FN5O/c1-3-16-10-17(6-9-20(16)24)29-23-19-11-22(26-13-21(19)27-14-28-23)25-12-15-4-7-18(30-2)8-5-15/h1,4-11,13-14H,12H2,2H3,(H,25,26)(H,27,28,29). The van der Waals surface area contributed by atoms with Crippen LogP contribution in [-0.4, -0.2) is 22.1 Å². The Morgan fingerprint density at radius 3 is 2.67 bits per heavy atom. The largest absolute Gasteiger partial charge is 0.497 e. The molecule has 0 unspecified atom stereocenters. The molecule has 0 aliphatic rings. The zero-order valence-electron chi connectivity index (χ0n) is 16.2. The van der Waals surface area contributed by atoms with E-state index in [1.807, 2.05) is 30.3 Å². The minimum Gasteiger partial charge on any atom is -0.497 e. The van der Waals surface area contributed by atoms with E-state index in [1.165, 1.54) is 12.4 Å². The quantitative estimate of drug-likeness (QED) is 0.465. The predicted molar refractivity (Wildman–Crippen MR) is 115 cm³/mol. The molecule has 4 rings (SSSR count). The summed E-state index contributed by atoms with van der Waals surface area (Å²) in [7, 11) is 1.64. The van der Waals surface area contributed by atoms with Crippen molar-refractivity contribution in [1.82, 2.24) is 15.0 Å². The van der Waals surface area contributed by atoms with E-state index < -0.39 is 5.82 Å². The Morgan fingerprint density at radius 2 is 1.90 bits per heavy atom. The molecule has 0 spiro atoms. The summed E-state index contributed by atoms with van der Waals surface area (Å²) in [5.41, 5.74) is 2.59. The highest BCUT2D eigenvalue weighted by atomic mass is 19.1. The number of fused-ring (bicyclic) bond motifs is 1. The van der Waals surface area contributed by atoms with E-state index in [0.717, 1.165) is 16.7 Å². The van der Waals surface area contributed by atoms with E-state index in [-0.39, 0.29) is 5.56 Å². The SMILES string of the molecule is C#Cc1cc(Nc2ncnc3cnc(NCc4ccc(OC)cc4)cc23)ccc1F. The number of benzene rings is 2. The van der Waals surface area contributed by atoms with Crippen molar-refractivity contribution in [1.29, 1.82) is 0 Å². The number of pyridine rings is 1. The van der Waals surface area contributed by atoms with Crippen molar-refractivity contribution in [2.45, 2.75) is 6.54 Å². The number of anilines is 3. The zero-order chi connectivity index (χ0) is 20.9. The highest BCUT2D eigenvalue weighted by molar-refractivity contribution is 5.91. The van der Waals surface area contributed by atoms with E-state index in [0.29, 0.717) is 29.4 Å². The van der Waals surface area contributed by atoms with Gasteiger partial charge in [-0.15, -0.1) is 6.42 Å². The van der Waals surface area contributed by atoms with Crippen LogP contribution in [0.1, 0.15) is 11.1 Å². The van der Waals surface area contributed by atoms with Crippen molar-refractivity contribution < 1.29 is 9.13 Å². The fourth-order valence-corrected chi connectivity index (χ4v) is 2.94. The Kier molecular flexibility index (Phi) is 5.39. The van der Waals surface area contributed by atoms with Crippen LogP contribution in [0.4, 0.5) is 21.7 Å². The first-order chi connectivity index (χ1) is 14.7. The van der Waals surface area contributed by atoms with Gasteiger partial charge in [0.1, 0.15) is 29.5 Å². The molecule has 0 saturated carbocycles. The molecule has 6 nitrogen and oxygen atoms in total. The fraction of sp³-hybridized carbons (Fsp3) is 0.0870. The number of nitrogens with one attached hydrogen (secondary N) is 2. The van der Waals surface area contributed by atoms with Crippen LogP contribution in [-0.2, 0) is 6.54 Å². The molecule has 2 aromatic heterocycles. The molecule has 30 heavy (non-hydrogen) atoms. The van der Waals surface area contributed by atoms with E-state index in [4.69, 9.17) is 11.2 Å². The van der Waals surface area contributed by atoms with E-state index >= 15 is 0 Å². The minimum atomic E-state index is -0.440. The number of halogens is 1. The van der Waals surface area contributed by atoms with Gasteiger partial charge < -0.3 is 15.4 Å². The first kappa shape index (κ1) is 19.2. The summed E-state index contributed by atoms with van der Waals surface area (Å²) < 4.78 is 18.8. The van der Waals surface area contributed by atoms with Crippen LogP contribution >= 0.6 is 0 Å². The zero-order valence-corrected chi connectivity index (χ0v) is 16.2. The minimum absolute atomic E-state index is 0.182. The Hall–Kier alpha value is -4.18. The molecule has 0 atom stereocenters. The summed E-state index contributed by atoms with van der Waals surface area (Å²) in [5, 5.41) is 7.25. The normalized spacial score (nSPS) is 10.4. The lowest BCUT2D eigenvalue weighted by Crippen LogP contribution is -2.03. The molecular formula is C23H18FN5O. The molecule has 2 N–H and O–H groups in total. The maximum atomic E-state index is 13.7. The van der Waals surface area contributed by atoms with Crippen molar-refractivity contribution in [2.75, 3.05) is 17.7 Å². The topological polar surface area (TPSA) is 72.0 Å². The number of hydrogen-bond donors (Lipinski definition) is 2. The van der Waals surface area contributed by atoms with Crippen molar-refractivity contribution >= 4 is 28.2 Å². The number of terminal acetylenes is 1. The van der Waals surface area contributed by atoms with Gasteiger partial charge in [0.05, 0.1) is 24.4 Å². The van der Waals surface area contributed by atoms with Crippen LogP contribution in [0.15, 0.2) is 61.1 Å². The average Bonchev–Trinajstić information content (AvgIpc) is 2.79.